The van der Waals surface area contributed by atoms with E-state index < -0.39 is 0 Å². The summed E-state index contributed by atoms with van der Waals surface area (Å²) >= 11 is 6.07. The lowest BCUT2D eigenvalue weighted by Crippen LogP contribution is -2.44. The molecule has 1 aliphatic heterocycles. The summed E-state index contributed by atoms with van der Waals surface area (Å²) in [6.45, 7) is 3.93. The van der Waals surface area contributed by atoms with Crippen LogP contribution in [0.1, 0.15) is 29.0 Å². The van der Waals surface area contributed by atoms with Gasteiger partial charge in [0.2, 0.25) is 0 Å². The average molecular weight is 321 g/mol. The summed E-state index contributed by atoms with van der Waals surface area (Å²) in [5, 5.41) is 0.598. The second kappa shape index (κ2) is 5.89. The molecule has 0 saturated carbocycles. The van der Waals surface area contributed by atoms with Gasteiger partial charge in [-0.3, -0.25) is 9.20 Å². The van der Waals surface area contributed by atoms with Crippen LogP contribution in [0.3, 0.4) is 0 Å². The van der Waals surface area contributed by atoms with Gasteiger partial charge in [0.15, 0.2) is 0 Å². The molecule has 6 heteroatoms. The fourth-order valence-electron chi connectivity index (χ4n) is 3.11. The number of amides is 1. The first-order chi connectivity index (χ1) is 10.5. The number of halogens is 1. The molecule has 0 N–H and O–H groups in total. The topological polar surface area (TPSA) is 40.9 Å². The Morgan fingerprint density at radius 2 is 2.05 bits per heavy atom. The van der Waals surface area contributed by atoms with Crippen molar-refractivity contribution in [3.8, 4) is 0 Å². The third-order valence-electron chi connectivity index (χ3n) is 4.52. The molecule has 2 aromatic rings. The van der Waals surface area contributed by atoms with Crippen molar-refractivity contribution < 1.29 is 4.79 Å². The highest BCUT2D eigenvalue weighted by Gasteiger charge is 2.27. The van der Waals surface area contributed by atoms with E-state index in [9.17, 15) is 4.79 Å². The number of carbonyl (C=O) groups is 1. The molecule has 118 valence electrons. The summed E-state index contributed by atoms with van der Waals surface area (Å²) in [5.41, 5.74) is 2.10. The van der Waals surface area contributed by atoms with Crippen molar-refractivity contribution in [2.45, 2.75) is 25.8 Å². The van der Waals surface area contributed by atoms with Crippen LogP contribution in [0.4, 0.5) is 0 Å². The first-order valence-corrected chi connectivity index (χ1v) is 7.95. The summed E-state index contributed by atoms with van der Waals surface area (Å²) in [6, 6.07) is 3.91. The maximum Gasteiger partial charge on any atom is 0.272 e. The van der Waals surface area contributed by atoms with Crippen molar-refractivity contribution in [2.75, 3.05) is 27.2 Å². The number of fused-ring (bicyclic) bond motifs is 1. The summed E-state index contributed by atoms with van der Waals surface area (Å²) in [7, 11) is 4.01. The van der Waals surface area contributed by atoms with E-state index in [2.05, 4.69) is 16.9 Å². The van der Waals surface area contributed by atoms with Crippen LogP contribution in [-0.2, 0) is 0 Å². The van der Waals surface area contributed by atoms with Crippen LogP contribution >= 0.6 is 11.6 Å². The number of pyridine rings is 1. The highest BCUT2D eigenvalue weighted by atomic mass is 35.5. The van der Waals surface area contributed by atoms with Gasteiger partial charge in [0.25, 0.3) is 5.91 Å². The molecule has 0 aliphatic carbocycles. The molecule has 0 radical (unpaired) electrons. The van der Waals surface area contributed by atoms with Crippen LogP contribution in [-0.4, -0.2) is 58.3 Å². The van der Waals surface area contributed by atoms with Crippen LogP contribution in [0.15, 0.2) is 18.3 Å². The maximum absolute atomic E-state index is 12.9. The molecule has 2 aromatic heterocycles. The van der Waals surface area contributed by atoms with E-state index in [-0.39, 0.29) is 11.9 Å². The average Bonchev–Trinajstić information content (AvgIpc) is 2.82. The number of rotatable bonds is 2. The quantitative estimate of drug-likeness (QED) is 0.853. The Hall–Kier alpha value is -1.59. The van der Waals surface area contributed by atoms with Gasteiger partial charge >= 0.3 is 0 Å². The molecule has 1 amide bonds. The molecule has 3 heterocycles. The van der Waals surface area contributed by atoms with E-state index in [0.717, 1.165) is 37.3 Å². The van der Waals surface area contributed by atoms with Crippen molar-refractivity contribution in [2.24, 2.45) is 0 Å². The Morgan fingerprint density at radius 1 is 1.36 bits per heavy atom. The molecule has 0 atom stereocenters. The minimum atomic E-state index is 0.0156. The largest absolute Gasteiger partial charge is 0.337 e. The molecule has 0 spiro atoms. The monoisotopic (exact) mass is 320 g/mol. The zero-order chi connectivity index (χ0) is 15.9. The van der Waals surface area contributed by atoms with Gasteiger partial charge in [-0.25, -0.2) is 4.98 Å². The van der Waals surface area contributed by atoms with Crippen LogP contribution in [0, 0.1) is 6.92 Å². The molecule has 22 heavy (non-hydrogen) atoms. The summed E-state index contributed by atoms with van der Waals surface area (Å²) in [4.78, 5) is 21.6. The van der Waals surface area contributed by atoms with Crippen LogP contribution in [0.25, 0.3) is 5.65 Å². The molecule has 0 unspecified atom stereocenters. The molecule has 1 fully saturated rings. The van der Waals surface area contributed by atoms with Gasteiger partial charge in [0.1, 0.15) is 11.3 Å². The smallest absolute Gasteiger partial charge is 0.272 e. The van der Waals surface area contributed by atoms with E-state index in [1.54, 1.807) is 16.7 Å². The zero-order valence-corrected chi connectivity index (χ0v) is 14.0. The standard InChI is InChI=1S/C16H21ClN4O/c1-11-15(21-10-12(17)4-5-14(21)18-11)16(22)20(3)13-6-8-19(2)9-7-13/h4-5,10,13H,6-9H2,1-3H3. The lowest BCUT2D eigenvalue weighted by molar-refractivity contribution is 0.0652. The minimum absolute atomic E-state index is 0.0156. The fourth-order valence-corrected chi connectivity index (χ4v) is 3.27. The summed E-state index contributed by atoms with van der Waals surface area (Å²) < 4.78 is 1.80. The van der Waals surface area contributed by atoms with E-state index in [1.165, 1.54) is 0 Å². The SMILES string of the molecule is Cc1nc2ccc(Cl)cn2c1C(=O)N(C)C1CCN(C)CC1. The van der Waals surface area contributed by atoms with Gasteiger partial charge in [-0.1, -0.05) is 11.6 Å². The van der Waals surface area contributed by atoms with E-state index in [0.29, 0.717) is 10.7 Å². The highest BCUT2D eigenvalue weighted by Crippen LogP contribution is 2.21. The molecule has 3 rings (SSSR count). The Labute approximate surface area is 135 Å². The van der Waals surface area contributed by atoms with Crippen molar-refractivity contribution in [3.05, 3.63) is 34.7 Å². The van der Waals surface area contributed by atoms with E-state index in [4.69, 9.17) is 11.6 Å². The third kappa shape index (κ3) is 2.71. The van der Waals surface area contributed by atoms with Gasteiger partial charge in [-0.2, -0.15) is 0 Å². The number of carbonyl (C=O) groups excluding carboxylic acids is 1. The molecular weight excluding hydrogens is 300 g/mol. The lowest BCUT2D eigenvalue weighted by atomic mass is 10.0. The predicted octanol–water partition coefficient (Wildman–Crippen LogP) is 2.46. The van der Waals surface area contributed by atoms with Crippen molar-refractivity contribution in [1.82, 2.24) is 19.2 Å². The second-order valence-electron chi connectivity index (χ2n) is 6.07. The van der Waals surface area contributed by atoms with Gasteiger partial charge in [0, 0.05) is 19.3 Å². The number of aryl methyl sites for hydroxylation is 1. The number of piperidine rings is 1. The molecule has 1 aliphatic rings. The normalized spacial score (nSPS) is 17.1. The van der Waals surface area contributed by atoms with Gasteiger partial charge in [0.05, 0.1) is 10.7 Å². The van der Waals surface area contributed by atoms with Crippen molar-refractivity contribution in [3.63, 3.8) is 0 Å². The fraction of sp³-hybridized carbons (Fsp3) is 0.500. The first kappa shape index (κ1) is 15.3. The molecule has 5 nitrogen and oxygen atoms in total. The van der Waals surface area contributed by atoms with Crippen molar-refractivity contribution >= 4 is 23.2 Å². The highest BCUT2D eigenvalue weighted by molar-refractivity contribution is 6.30. The second-order valence-corrected chi connectivity index (χ2v) is 6.51. The first-order valence-electron chi connectivity index (χ1n) is 7.57. The van der Waals surface area contributed by atoms with Crippen molar-refractivity contribution in [1.29, 1.82) is 0 Å². The summed E-state index contributed by atoms with van der Waals surface area (Å²) in [5.74, 6) is 0.0156. The maximum atomic E-state index is 12.9. The predicted molar refractivity (Wildman–Crippen MR) is 87.6 cm³/mol. The van der Waals surface area contributed by atoms with E-state index in [1.807, 2.05) is 24.9 Å². The minimum Gasteiger partial charge on any atom is -0.337 e. The number of hydrogen-bond acceptors (Lipinski definition) is 3. The van der Waals surface area contributed by atoms with Gasteiger partial charge < -0.3 is 9.80 Å². The Bertz CT molecular complexity index is 703. The zero-order valence-electron chi connectivity index (χ0n) is 13.2. The number of hydrogen-bond donors (Lipinski definition) is 0. The van der Waals surface area contributed by atoms with Gasteiger partial charge in [-0.05, 0) is 52.0 Å². The third-order valence-corrected chi connectivity index (χ3v) is 4.74. The molecular formula is C16H21ClN4O. The van der Waals surface area contributed by atoms with Crippen LogP contribution < -0.4 is 0 Å². The number of imidazole rings is 1. The van der Waals surface area contributed by atoms with Crippen LogP contribution in [0.5, 0.6) is 0 Å². The lowest BCUT2D eigenvalue weighted by Gasteiger charge is -2.35. The Balaban J connectivity index is 1.91. The Kier molecular flexibility index (Phi) is 4.10. The molecule has 0 aromatic carbocycles. The van der Waals surface area contributed by atoms with E-state index >= 15 is 0 Å². The molecule has 1 saturated heterocycles. The summed E-state index contributed by atoms with van der Waals surface area (Å²) in [6.07, 6.45) is 3.77. The van der Waals surface area contributed by atoms with Crippen LogP contribution in [0.2, 0.25) is 5.02 Å². The van der Waals surface area contributed by atoms with Gasteiger partial charge in [-0.15, -0.1) is 0 Å². The number of likely N-dealkylation sites (tertiary alicyclic amines) is 1. The molecule has 0 bridgehead atoms. The Morgan fingerprint density at radius 3 is 2.73 bits per heavy atom. The number of nitrogens with zero attached hydrogens (tertiary/aromatic N) is 4. The number of aromatic nitrogens is 2.